The fraction of sp³-hybridized carbons (Fsp3) is 0.571. The molecular weight excluding hydrogens is 214 g/mol. The summed E-state index contributed by atoms with van der Waals surface area (Å²) in [4.78, 5) is 3.95. The Balaban J connectivity index is 2.22. The van der Waals surface area contributed by atoms with Gasteiger partial charge in [0.25, 0.3) is 0 Å². The molecule has 1 aromatic rings. The first-order valence-corrected chi connectivity index (χ1v) is 7.25. The summed E-state index contributed by atoms with van der Waals surface area (Å²) in [6.45, 7) is 8.20. The highest BCUT2D eigenvalue weighted by Crippen LogP contribution is 2.16. The zero-order valence-corrected chi connectivity index (χ0v) is 11.3. The highest BCUT2D eigenvalue weighted by molar-refractivity contribution is 7.99. The monoisotopic (exact) mass is 237 g/mol. The Kier molecular flexibility index (Phi) is 7.35. The van der Waals surface area contributed by atoms with Crippen molar-refractivity contribution in [3.05, 3.63) is 30.3 Å². The van der Waals surface area contributed by atoms with Crippen molar-refractivity contribution >= 4 is 11.8 Å². The summed E-state index contributed by atoms with van der Waals surface area (Å²) in [6.07, 6.45) is 2.52. The molecule has 0 N–H and O–H groups in total. The van der Waals surface area contributed by atoms with E-state index in [1.807, 2.05) is 11.8 Å². The summed E-state index contributed by atoms with van der Waals surface area (Å²) in [7, 11) is 0. The predicted molar refractivity (Wildman–Crippen MR) is 74.2 cm³/mol. The van der Waals surface area contributed by atoms with Crippen molar-refractivity contribution in [2.45, 2.75) is 31.6 Å². The summed E-state index contributed by atoms with van der Waals surface area (Å²) >= 11 is 1.96. The van der Waals surface area contributed by atoms with Gasteiger partial charge in [-0.05, 0) is 38.1 Å². The van der Waals surface area contributed by atoms with Crippen LogP contribution in [-0.2, 0) is 0 Å². The zero-order chi connectivity index (χ0) is 11.6. The second-order valence-corrected chi connectivity index (χ2v) is 5.17. The molecule has 0 aliphatic carbocycles. The number of rotatable bonds is 8. The van der Waals surface area contributed by atoms with E-state index in [-0.39, 0.29) is 0 Å². The molecule has 0 aromatic heterocycles. The van der Waals surface area contributed by atoms with Crippen LogP contribution in [0.4, 0.5) is 0 Å². The van der Waals surface area contributed by atoms with E-state index in [0.29, 0.717) is 0 Å². The van der Waals surface area contributed by atoms with Crippen molar-refractivity contribution in [2.24, 2.45) is 0 Å². The Morgan fingerprint density at radius 2 is 1.56 bits per heavy atom. The lowest BCUT2D eigenvalue weighted by atomic mass is 10.3. The van der Waals surface area contributed by atoms with Gasteiger partial charge in [-0.3, -0.25) is 0 Å². The van der Waals surface area contributed by atoms with Crippen molar-refractivity contribution in [3.63, 3.8) is 0 Å². The molecule has 0 unspecified atom stereocenters. The van der Waals surface area contributed by atoms with Crippen LogP contribution in [0.5, 0.6) is 0 Å². The maximum atomic E-state index is 2.57. The fourth-order valence-corrected chi connectivity index (χ4v) is 2.71. The van der Waals surface area contributed by atoms with Crippen molar-refractivity contribution < 1.29 is 0 Å². The van der Waals surface area contributed by atoms with E-state index in [1.54, 1.807) is 0 Å². The Bertz CT molecular complexity index is 255. The maximum Gasteiger partial charge on any atom is 0.0108 e. The first-order valence-electron chi connectivity index (χ1n) is 6.27. The van der Waals surface area contributed by atoms with Gasteiger partial charge in [0.2, 0.25) is 0 Å². The third-order valence-electron chi connectivity index (χ3n) is 2.50. The third kappa shape index (κ3) is 5.57. The molecule has 0 saturated heterocycles. The van der Waals surface area contributed by atoms with Gasteiger partial charge in [0.05, 0.1) is 0 Å². The molecule has 0 radical (unpaired) electrons. The van der Waals surface area contributed by atoms with Crippen molar-refractivity contribution in [2.75, 3.05) is 25.4 Å². The molecule has 0 spiro atoms. The highest BCUT2D eigenvalue weighted by Gasteiger charge is 2.02. The minimum Gasteiger partial charge on any atom is -0.303 e. The van der Waals surface area contributed by atoms with Crippen LogP contribution in [0, 0.1) is 0 Å². The number of hydrogen-bond acceptors (Lipinski definition) is 2. The Labute approximate surface area is 104 Å². The van der Waals surface area contributed by atoms with Crippen LogP contribution in [0.15, 0.2) is 35.2 Å². The molecule has 0 aliphatic rings. The number of benzene rings is 1. The van der Waals surface area contributed by atoms with E-state index in [9.17, 15) is 0 Å². The molecule has 0 atom stereocenters. The predicted octanol–water partition coefficient (Wildman–Crippen LogP) is 3.90. The fourth-order valence-electron chi connectivity index (χ4n) is 1.78. The average Bonchev–Trinajstić information content (AvgIpc) is 2.31. The Morgan fingerprint density at radius 1 is 0.938 bits per heavy atom. The Morgan fingerprint density at radius 3 is 2.12 bits per heavy atom. The molecule has 16 heavy (non-hydrogen) atoms. The van der Waals surface area contributed by atoms with Crippen LogP contribution in [0.25, 0.3) is 0 Å². The van der Waals surface area contributed by atoms with Crippen LogP contribution in [0.1, 0.15) is 26.7 Å². The minimum atomic E-state index is 1.20. The molecule has 1 nitrogen and oxygen atoms in total. The molecule has 0 heterocycles. The summed E-state index contributed by atoms with van der Waals surface area (Å²) < 4.78 is 0. The van der Waals surface area contributed by atoms with E-state index >= 15 is 0 Å². The van der Waals surface area contributed by atoms with Crippen LogP contribution >= 0.6 is 11.8 Å². The van der Waals surface area contributed by atoms with Gasteiger partial charge in [-0.2, -0.15) is 0 Å². The van der Waals surface area contributed by atoms with Gasteiger partial charge in [-0.15, -0.1) is 11.8 Å². The van der Waals surface area contributed by atoms with Gasteiger partial charge in [-0.25, -0.2) is 0 Å². The molecule has 1 rings (SSSR count). The smallest absolute Gasteiger partial charge is 0.0108 e. The van der Waals surface area contributed by atoms with Gasteiger partial charge < -0.3 is 4.90 Å². The normalized spacial score (nSPS) is 10.9. The van der Waals surface area contributed by atoms with Crippen LogP contribution in [0.2, 0.25) is 0 Å². The Hall–Kier alpha value is -0.470. The topological polar surface area (TPSA) is 3.24 Å². The second kappa shape index (κ2) is 8.66. The summed E-state index contributed by atoms with van der Waals surface area (Å²) in [5.74, 6) is 1.20. The average molecular weight is 237 g/mol. The standard InChI is InChI=1S/C14H23NS/c1-3-10-15(11-4-2)12-13-16-14-8-6-5-7-9-14/h5-9H,3-4,10-13H2,1-2H3. The molecule has 0 saturated carbocycles. The van der Waals surface area contributed by atoms with Gasteiger partial charge in [0.1, 0.15) is 0 Å². The molecule has 1 aromatic carbocycles. The molecule has 0 amide bonds. The molecule has 90 valence electrons. The van der Waals surface area contributed by atoms with Gasteiger partial charge in [0.15, 0.2) is 0 Å². The van der Waals surface area contributed by atoms with E-state index < -0.39 is 0 Å². The summed E-state index contributed by atoms with van der Waals surface area (Å²) in [5.41, 5.74) is 0. The van der Waals surface area contributed by atoms with Crippen LogP contribution in [0.3, 0.4) is 0 Å². The number of hydrogen-bond donors (Lipinski definition) is 0. The quantitative estimate of drug-likeness (QED) is 0.631. The largest absolute Gasteiger partial charge is 0.303 e. The third-order valence-corrected chi connectivity index (χ3v) is 3.49. The molecule has 0 aliphatic heterocycles. The summed E-state index contributed by atoms with van der Waals surface area (Å²) in [5, 5.41) is 0. The molecule has 0 fully saturated rings. The van der Waals surface area contributed by atoms with E-state index in [2.05, 4.69) is 49.1 Å². The first kappa shape index (κ1) is 13.6. The highest BCUT2D eigenvalue weighted by atomic mass is 32.2. The zero-order valence-electron chi connectivity index (χ0n) is 10.5. The molecular formula is C14H23NS. The maximum absolute atomic E-state index is 2.57. The SMILES string of the molecule is CCCN(CCC)CCSc1ccccc1. The van der Waals surface area contributed by atoms with Gasteiger partial charge in [-0.1, -0.05) is 32.0 Å². The van der Waals surface area contributed by atoms with E-state index in [0.717, 1.165) is 0 Å². The number of nitrogens with zero attached hydrogens (tertiary/aromatic N) is 1. The number of thioether (sulfide) groups is 1. The second-order valence-electron chi connectivity index (χ2n) is 4.00. The molecule has 0 bridgehead atoms. The van der Waals surface area contributed by atoms with Gasteiger partial charge in [0, 0.05) is 17.2 Å². The van der Waals surface area contributed by atoms with Crippen molar-refractivity contribution in [3.8, 4) is 0 Å². The minimum absolute atomic E-state index is 1.20. The van der Waals surface area contributed by atoms with Crippen molar-refractivity contribution in [1.82, 2.24) is 4.90 Å². The molecule has 2 heteroatoms. The van der Waals surface area contributed by atoms with Crippen LogP contribution < -0.4 is 0 Å². The lowest BCUT2D eigenvalue weighted by molar-refractivity contribution is 0.292. The van der Waals surface area contributed by atoms with E-state index in [1.165, 1.54) is 43.1 Å². The first-order chi connectivity index (χ1) is 7.86. The van der Waals surface area contributed by atoms with Gasteiger partial charge >= 0.3 is 0 Å². The lowest BCUT2D eigenvalue weighted by Crippen LogP contribution is -2.27. The van der Waals surface area contributed by atoms with Crippen molar-refractivity contribution in [1.29, 1.82) is 0 Å². The van der Waals surface area contributed by atoms with E-state index in [4.69, 9.17) is 0 Å². The summed E-state index contributed by atoms with van der Waals surface area (Å²) in [6, 6.07) is 10.7. The van der Waals surface area contributed by atoms with Crippen LogP contribution in [-0.4, -0.2) is 30.3 Å². The lowest BCUT2D eigenvalue weighted by Gasteiger charge is -2.20.